The zero-order valence-corrected chi connectivity index (χ0v) is 24.9. The highest BCUT2D eigenvalue weighted by Gasteiger charge is 2.51. The third kappa shape index (κ3) is 8.90. The van der Waals surface area contributed by atoms with Crippen molar-refractivity contribution in [3.8, 4) is 19.5 Å². The number of allylic oxidation sites excluding steroid dienone is 2. The standard InChI is InChI=1S/C28H24F12S3/c1-3-5-7-17-18(8-6-4-2)24(20-12-10-16(42-20)14-22(27(35,36)37)28(38,39)40)43-23(17)19-11-9-15(41-19)13-21(25(29,30)31)26(32,33)34/h9-14H,3-8H2,1-2H3. The molecule has 3 heterocycles. The molecule has 0 saturated heterocycles. The van der Waals surface area contributed by atoms with Crippen molar-refractivity contribution in [1.29, 1.82) is 0 Å². The van der Waals surface area contributed by atoms with E-state index in [0.29, 0.717) is 45.2 Å². The Labute approximate surface area is 251 Å². The van der Waals surface area contributed by atoms with Crippen molar-refractivity contribution in [3.05, 3.63) is 56.3 Å². The first-order valence-electron chi connectivity index (χ1n) is 12.8. The molecule has 0 unspecified atom stereocenters. The number of alkyl halides is 12. The molecule has 15 heteroatoms. The van der Waals surface area contributed by atoms with Crippen LogP contribution in [0, 0.1) is 0 Å². The Morgan fingerprint density at radius 2 is 0.860 bits per heavy atom. The average Bonchev–Trinajstić information content (AvgIpc) is 3.58. The maximum absolute atomic E-state index is 13.1. The molecule has 0 saturated carbocycles. The van der Waals surface area contributed by atoms with Crippen LogP contribution in [0.2, 0.25) is 0 Å². The Morgan fingerprint density at radius 3 is 1.14 bits per heavy atom. The highest BCUT2D eigenvalue weighted by Crippen LogP contribution is 2.49. The lowest BCUT2D eigenvalue weighted by Gasteiger charge is -2.14. The predicted molar refractivity (Wildman–Crippen MR) is 148 cm³/mol. The molecule has 0 atom stereocenters. The molecule has 0 bridgehead atoms. The number of unbranched alkanes of at least 4 members (excludes halogenated alkanes) is 2. The second kappa shape index (κ2) is 13.4. The Morgan fingerprint density at radius 1 is 0.535 bits per heavy atom. The molecule has 0 fully saturated rings. The topological polar surface area (TPSA) is 0 Å². The van der Waals surface area contributed by atoms with Crippen molar-refractivity contribution in [2.75, 3.05) is 0 Å². The van der Waals surface area contributed by atoms with Gasteiger partial charge in [0, 0.05) is 29.3 Å². The third-order valence-corrected chi connectivity index (χ3v) is 9.87. The molecule has 0 aliphatic heterocycles. The van der Waals surface area contributed by atoms with Gasteiger partial charge in [-0.2, -0.15) is 52.7 Å². The second-order valence-corrected chi connectivity index (χ2v) is 12.7. The smallest absolute Gasteiger partial charge is 0.166 e. The van der Waals surface area contributed by atoms with Crippen molar-refractivity contribution in [3.63, 3.8) is 0 Å². The van der Waals surface area contributed by atoms with Crippen LogP contribution in [0.25, 0.3) is 31.7 Å². The van der Waals surface area contributed by atoms with E-state index in [1.165, 1.54) is 23.5 Å². The Kier molecular flexibility index (Phi) is 11.0. The quantitative estimate of drug-likeness (QED) is 0.187. The molecule has 0 N–H and O–H groups in total. The fourth-order valence-corrected chi connectivity index (χ4v) is 7.75. The number of hydrogen-bond donors (Lipinski definition) is 0. The molecule has 0 nitrogen and oxygen atoms in total. The molecule has 43 heavy (non-hydrogen) atoms. The first-order chi connectivity index (χ1) is 19.8. The van der Waals surface area contributed by atoms with Crippen LogP contribution in [0.1, 0.15) is 60.4 Å². The minimum atomic E-state index is -5.62. The molecular formula is C28H24F12S3. The molecule has 238 valence electrons. The summed E-state index contributed by atoms with van der Waals surface area (Å²) in [7, 11) is 0. The number of thiophene rings is 3. The van der Waals surface area contributed by atoms with E-state index in [2.05, 4.69) is 0 Å². The molecule has 3 aromatic rings. The zero-order chi connectivity index (χ0) is 32.4. The van der Waals surface area contributed by atoms with E-state index in [9.17, 15) is 52.7 Å². The lowest BCUT2D eigenvalue weighted by atomic mass is 9.97. The predicted octanol–water partition coefficient (Wildman–Crippen LogP) is 12.9. The summed E-state index contributed by atoms with van der Waals surface area (Å²) in [5.74, 6) is 0. The van der Waals surface area contributed by atoms with Gasteiger partial charge in [0.1, 0.15) is 11.1 Å². The van der Waals surface area contributed by atoms with Crippen LogP contribution in [-0.2, 0) is 12.8 Å². The van der Waals surface area contributed by atoms with Gasteiger partial charge in [-0.25, -0.2) is 0 Å². The van der Waals surface area contributed by atoms with Gasteiger partial charge in [-0.3, -0.25) is 0 Å². The lowest BCUT2D eigenvalue weighted by Crippen LogP contribution is -2.25. The monoisotopic (exact) mass is 684 g/mol. The summed E-state index contributed by atoms with van der Waals surface area (Å²) in [6.07, 6.45) is -18.4. The van der Waals surface area contributed by atoms with Crippen molar-refractivity contribution in [2.45, 2.75) is 77.1 Å². The van der Waals surface area contributed by atoms with E-state index < -0.39 is 35.9 Å². The zero-order valence-electron chi connectivity index (χ0n) is 22.5. The summed E-state index contributed by atoms with van der Waals surface area (Å²) < 4.78 is 157. The summed E-state index contributed by atoms with van der Waals surface area (Å²) in [5.41, 5.74) is -3.66. The van der Waals surface area contributed by atoms with Crippen LogP contribution >= 0.6 is 34.0 Å². The van der Waals surface area contributed by atoms with Crippen LogP contribution in [0.15, 0.2) is 35.4 Å². The molecule has 3 rings (SSSR count). The SMILES string of the molecule is CCCCc1c(-c2ccc(C=C(C(F)(F)F)C(F)(F)F)s2)sc(-c2ccc(C=C(C(F)(F)F)C(F)(F)F)s2)c1CCCC. The first kappa shape index (κ1) is 35.2. The number of rotatable bonds is 10. The van der Waals surface area contributed by atoms with Gasteiger partial charge in [0.05, 0.1) is 0 Å². The maximum Gasteiger partial charge on any atom is 0.421 e. The van der Waals surface area contributed by atoms with Crippen LogP contribution in [0.3, 0.4) is 0 Å². The van der Waals surface area contributed by atoms with Gasteiger partial charge in [-0.1, -0.05) is 26.7 Å². The molecule has 0 amide bonds. The van der Waals surface area contributed by atoms with Gasteiger partial charge in [-0.05, 0) is 73.2 Å². The molecule has 0 aliphatic rings. The van der Waals surface area contributed by atoms with Crippen LogP contribution in [0.4, 0.5) is 52.7 Å². The van der Waals surface area contributed by atoms with Crippen LogP contribution < -0.4 is 0 Å². The maximum atomic E-state index is 13.1. The summed E-state index contributed by atoms with van der Waals surface area (Å²) in [6.45, 7) is 3.86. The van der Waals surface area contributed by atoms with Crippen molar-refractivity contribution in [2.24, 2.45) is 0 Å². The number of halogens is 12. The van der Waals surface area contributed by atoms with Gasteiger partial charge >= 0.3 is 24.7 Å². The van der Waals surface area contributed by atoms with E-state index in [0.717, 1.165) is 58.8 Å². The molecule has 0 aliphatic carbocycles. The van der Waals surface area contributed by atoms with Gasteiger partial charge < -0.3 is 0 Å². The largest absolute Gasteiger partial charge is 0.421 e. The highest BCUT2D eigenvalue weighted by atomic mass is 32.1. The van der Waals surface area contributed by atoms with Gasteiger partial charge in [-0.15, -0.1) is 34.0 Å². The molecular weight excluding hydrogens is 660 g/mol. The lowest BCUT2D eigenvalue weighted by molar-refractivity contribution is -0.172. The summed E-state index contributed by atoms with van der Waals surface area (Å²) >= 11 is 2.63. The van der Waals surface area contributed by atoms with E-state index in [4.69, 9.17) is 0 Å². The van der Waals surface area contributed by atoms with Crippen molar-refractivity contribution < 1.29 is 52.7 Å². The minimum absolute atomic E-state index is 0.0448. The summed E-state index contributed by atoms with van der Waals surface area (Å²) in [6, 6.07) is 5.13. The van der Waals surface area contributed by atoms with E-state index >= 15 is 0 Å². The summed E-state index contributed by atoms with van der Waals surface area (Å²) in [5, 5.41) is 0. The van der Waals surface area contributed by atoms with Gasteiger partial charge in [0.25, 0.3) is 0 Å². The van der Waals surface area contributed by atoms with Crippen molar-refractivity contribution >= 4 is 46.2 Å². The van der Waals surface area contributed by atoms with E-state index in [1.807, 2.05) is 13.8 Å². The Hall–Kier alpha value is -2.26. The molecule has 0 aromatic carbocycles. The molecule has 0 spiro atoms. The minimum Gasteiger partial charge on any atom is -0.166 e. The van der Waals surface area contributed by atoms with Crippen LogP contribution in [-0.4, -0.2) is 24.7 Å². The first-order valence-corrected chi connectivity index (χ1v) is 15.3. The van der Waals surface area contributed by atoms with Crippen LogP contribution in [0.5, 0.6) is 0 Å². The highest BCUT2D eigenvalue weighted by molar-refractivity contribution is 7.27. The van der Waals surface area contributed by atoms with Gasteiger partial charge in [0.2, 0.25) is 0 Å². The van der Waals surface area contributed by atoms with E-state index in [1.54, 1.807) is 0 Å². The Bertz CT molecular complexity index is 1300. The van der Waals surface area contributed by atoms with Crippen molar-refractivity contribution in [1.82, 2.24) is 0 Å². The van der Waals surface area contributed by atoms with Gasteiger partial charge in [0.15, 0.2) is 0 Å². The molecule has 3 aromatic heterocycles. The average molecular weight is 685 g/mol. The fourth-order valence-electron chi connectivity index (χ4n) is 4.17. The normalized spacial score (nSPS) is 13.0. The fraction of sp³-hybridized carbons (Fsp3) is 0.429. The summed E-state index contributed by atoms with van der Waals surface area (Å²) in [4.78, 5) is 1.45. The third-order valence-electron chi connectivity index (χ3n) is 6.17. The number of hydrogen-bond acceptors (Lipinski definition) is 3. The van der Waals surface area contributed by atoms with E-state index in [-0.39, 0.29) is 21.9 Å². The second-order valence-electron chi connectivity index (χ2n) is 9.44. The molecule has 0 radical (unpaired) electrons. The Balaban J connectivity index is 2.18.